The number of benzene rings is 1. The van der Waals surface area contributed by atoms with Gasteiger partial charge in [-0.2, -0.15) is 0 Å². The second-order valence-corrected chi connectivity index (χ2v) is 7.82. The van der Waals surface area contributed by atoms with Crippen molar-refractivity contribution in [2.75, 3.05) is 27.2 Å². The third-order valence-electron chi connectivity index (χ3n) is 5.83. The zero-order chi connectivity index (χ0) is 19.6. The van der Waals surface area contributed by atoms with Gasteiger partial charge in [-0.25, -0.2) is 0 Å². The summed E-state index contributed by atoms with van der Waals surface area (Å²) in [5, 5.41) is 0.957. The molecule has 0 spiro atoms. The monoisotopic (exact) mass is 369 g/mol. The van der Waals surface area contributed by atoms with Gasteiger partial charge in [-0.1, -0.05) is 25.1 Å². The fourth-order valence-corrected chi connectivity index (χ4v) is 4.22. The quantitative estimate of drug-likeness (QED) is 0.759. The van der Waals surface area contributed by atoms with Gasteiger partial charge in [0.15, 0.2) is 5.78 Å². The van der Waals surface area contributed by atoms with Crippen molar-refractivity contribution in [3.63, 3.8) is 0 Å². The molecular weight excluding hydrogens is 338 g/mol. The van der Waals surface area contributed by atoms with Crippen LogP contribution in [0.1, 0.15) is 49.0 Å². The lowest BCUT2D eigenvalue weighted by Gasteiger charge is -2.23. The van der Waals surface area contributed by atoms with Crippen LogP contribution in [0.5, 0.6) is 0 Å². The predicted octanol–water partition coefficient (Wildman–Crippen LogP) is 3.35. The molecule has 0 radical (unpaired) electrons. The number of likely N-dealkylation sites (tertiary alicyclic amines) is 1. The Bertz CT molecular complexity index is 837. The number of nitrogens with zero attached hydrogens (tertiary/aromatic N) is 3. The van der Waals surface area contributed by atoms with Gasteiger partial charge in [0.05, 0.1) is 5.52 Å². The van der Waals surface area contributed by atoms with E-state index in [1.807, 2.05) is 27.8 Å². The van der Waals surface area contributed by atoms with E-state index < -0.39 is 0 Å². The Kier molecular flexibility index (Phi) is 6.00. The van der Waals surface area contributed by atoms with E-state index in [4.69, 9.17) is 0 Å². The minimum atomic E-state index is 0.0445. The second kappa shape index (κ2) is 8.26. The zero-order valence-corrected chi connectivity index (χ0v) is 17.0. The molecule has 1 aliphatic rings. The molecule has 1 atom stereocenters. The first-order chi connectivity index (χ1) is 12.9. The summed E-state index contributed by atoms with van der Waals surface area (Å²) in [6.07, 6.45) is 5.94. The van der Waals surface area contributed by atoms with Crippen molar-refractivity contribution in [1.29, 1.82) is 0 Å². The van der Waals surface area contributed by atoms with Crippen molar-refractivity contribution in [3.8, 4) is 0 Å². The van der Waals surface area contributed by atoms with Crippen molar-refractivity contribution in [1.82, 2.24) is 14.4 Å². The highest BCUT2D eigenvalue weighted by Crippen LogP contribution is 2.26. The highest BCUT2D eigenvalue weighted by atomic mass is 16.2. The normalized spacial score (nSPS) is 18.1. The Labute approximate surface area is 161 Å². The molecule has 1 saturated heterocycles. The van der Waals surface area contributed by atoms with E-state index in [0.717, 1.165) is 49.7 Å². The molecular formula is C22H31N3O2. The lowest BCUT2D eigenvalue weighted by molar-refractivity contribution is -0.131. The first-order valence-corrected chi connectivity index (χ1v) is 9.98. The number of aromatic nitrogens is 1. The molecule has 1 amide bonds. The molecule has 1 aromatic heterocycles. The standard InChI is InChI=1S/C22H31N3O2/c1-5-17-8-6-10-19-20(16(2)26)14-25(22(17)19)15-21(27)24-12-7-9-18(11-13-24)23(3)4/h6,8,10,14,18H,5,7,9,11-13,15H2,1-4H3. The first kappa shape index (κ1) is 19.6. The van der Waals surface area contributed by atoms with E-state index in [9.17, 15) is 9.59 Å². The van der Waals surface area contributed by atoms with Gasteiger partial charge < -0.3 is 14.4 Å². The lowest BCUT2D eigenvalue weighted by Crippen LogP contribution is -2.35. The third kappa shape index (κ3) is 4.08. The summed E-state index contributed by atoms with van der Waals surface area (Å²) in [5.41, 5.74) is 2.91. The van der Waals surface area contributed by atoms with E-state index in [-0.39, 0.29) is 11.7 Å². The molecule has 0 N–H and O–H groups in total. The Morgan fingerprint density at radius 1 is 1.19 bits per heavy atom. The van der Waals surface area contributed by atoms with Crippen molar-refractivity contribution in [2.45, 2.75) is 52.1 Å². The molecule has 2 heterocycles. The number of carbonyl (C=O) groups excluding carboxylic acids is 2. The number of para-hydroxylation sites is 1. The number of aryl methyl sites for hydroxylation is 1. The molecule has 5 heteroatoms. The van der Waals surface area contributed by atoms with Gasteiger partial charge in [0, 0.05) is 36.3 Å². The first-order valence-electron chi connectivity index (χ1n) is 9.98. The summed E-state index contributed by atoms with van der Waals surface area (Å²) in [7, 11) is 4.23. The molecule has 2 aromatic rings. The number of amides is 1. The molecule has 1 aromatic carbocycles. The van der Waals surface area contributed by atoms with Crippen molar-refractivity contribution < 1.29 is 9.59 Å². The Morgan fingerprint density at radius 3 is 2.63 bits per heavy atom. The van der Waals surface area contributed by atoms with Crippen LogP contribution in [0.25, 0.3) is 10.9 Å². The number of hydrogen-bond acceptors (Lipinski definition) is 3. The predicted molar refractivity (Wildman–Crippen MR) is 109 cm³/mol. The minimum Gasteiger partial charge on any atom is -0.341 e. The molecule has 146 valence electrons. The van der Waals surface area contributed by atoms with Gasteiger partial charge in [0.1, 0.15) is 6.54 Å². The average molecular weight is 370 g/mol. The van der Waals surface area contributed by atoms with E-state index in [2.05, 4.69) is 32.0 Å². The van der Waals surface area contributed by atoms with Crippen molar-refractivity contribution in [2.24, 2.45) is 0 Å². The summed E-state index contributed by atoms with van der Waals surface area (Å²) in [6.45, 7) is 5.63. The van der Waals surface area contributed by atoms with Crippen molar-refractivity contribution >= 4 is 22.6 Å². The van der Waals surface area contributed by atoms with E-state index in [0.29, 0.717) is 18.2 Å². The fraction of sp³-hybridized carbons (Fsp3) is 0.545. The summed E-state index contributed by atoms with van der Waals surface area (Å²) in [6, 6.07) is 6.61. The maximum atomic E-state index is 13.0. The number of carbonyl (C=O) groups is 2. The van der Waals surface area contributed by atoms with Crippen LogP contribution >= 0.6 is 0 Å². The van der Waals surface area contributed by atoms with Gasteiger partial charge in [0.25, 0.3) is 0 Å². The zero-order valence-electron chi connectivity index (χ0n) is 17.0. The fourth-order valence-electron chi connectivity index (χ4n) is 4.22. The summed E-state index contributed by atoms with van der Waals surface area (Å²) < 4.78 is 1.99. The van der Waals surface area contributed by atoms with E-state index >= 15 is 0 Å². The van der Waals surface area contributed by atoms with Gasteiger partial charge in [-0.05, 0) is 52.3 Å². The highest BCUT2D eigenvalue weighted by molar-refractivity contribution is 6.07. The largest absolute Gasteiger partial charge is 0.341 e. The number of ketones is 1. The van der Waals surface area contributed by atoms with Crippen molar-refractivity contribution in [3.05, 3.63) is 35.5 Å². The molecule has 27 heavy (non-hydrogen) atoms. The van der Waals surface area contributed by atoms with Gasteiger partial charge in [-0.15, -0.1) is 0 Å². The molecule has 0 bridgehead atoms. The SMILES string of the molecule is CCc1cccc2c(C(C)=O)cn(CC(=O)N3CCCC(N(C)C)CC3)c12. The maximum Gasteiger partial charge on any atom is 0.242 e. The van der Waals surface area contributed by atoms with Crippen LogP contribution in [0, 0.1) is 0 Å². The average Bonchev–Trinajstić information content (AvgIpc) is 2.84. The smallest absolute Gasteiger partial charge is 0.242 e. The van der Waals surface area contributed by atoms with E-state index in [1.54, 1.807) is 6.92 Å². The van der Waals surface area contributed by atoms with Gasteiger partial charge in [0.2, 0.25) is 5.91 Å². The second-order valence-electron chi connectivity index (χ2n) is 7.82. The van der Waals surface area contributed by atoms with E-state index in [1.165, 1.54) is 5.56 Å². The third-order valence-corrected chi connectivity index (χ3v) is 5.83. The molecule has 0 saturated carbocycles. The van der Waals surface area contributed by atoms with Gasteiger partial charge >= 0.3 is 0 Å². The molecule has 1 fully saturated rings. The Hall–Kier alpha value is -2.14. The number of rotatable bonds is 5. The number of hydrogen-bond donors (Lipinski definition) is 0. The summed E-state index contributed by atoms with van der Waals surface area (Å²) in [5.74, 6) is 0.190. The Morgan fingerprint density at radius 2 is 1.96 bits per heavy atom. The lowest BCUT2D eigenvalue weighted by atomic mass is 10.1. The minimum absolute atomic E-state index is 0.0445. The van der Waals surface area contributed by atoms with Crippen LogP contribution in [-0.4, -0.2) is 59.3 Å². The van der Waals surface area contributed by atoms with Crippen LogP contribution in [-0.2, 0) is 17.8 Å². The van der Waals surface area contributed by atoms with Gasteiger partial charge in [-0.3, -0.25) is 9.59 Å². The van der Waals surface area contributed by atoms with Crippen LogP contribution in [0.3, 0.4) is 0 Å². The number of fused-ring (bicyclic) bond motifs is 1. The topological polar surface area (TPSA) is 45.6 Å². The molecule has 0 aliphatic carbocycles. The summed E-state index contributed by atoms with van der Waals surface area (Å²) in [4.78, 5) is 29.4. The molecule has 1 unspecified atom stereocenters. The number of Topliss-reactive ketones (excluding diaryl/α,β-unsaturated/α-hetero) is 1. The van der Waals surface area contributed by atoms with Crippen LogP contribution in [0.4, 0.5) is 0 Å². The highest BCUT2D eigenvalue weighted by Gasteiger charge is 2.23. The van der Waals surface area contributed by atoms with Crippen LogP contribution in [0.15, 0.2) is 24.4 Å². The molecule has 3 rings (SSSR count). The van der Waals surface area contributed by atoms with Crippen LogP contribution < -0.4 is 0 Å². The maximum absolute atomic E-state index is 13.0. The summed E-state index contributed by atoms with van der Waals surface area (Å²) >= 11 is 0. The van der Waals surface area contributed by atoms with Crippen LogP contribution in [0.2, 0.25) is 0 Å². The molecule has 5 nitrogen and oxygen atoms in total. The Balaban J connectivity index is 1.86. The molecule has 1 aliphatic heterocycles.